The maximum absolute atomic E-state index is 12.5. The molecular weight excluding hydrogens is 352 g/mol. The number of aryl methyl sites for hydroxylation is 1. The van der Waals surface area contributed by atoms with Crippen LogP contribution >= 0.6 is 11.3 Å². The summed E-state index contributed by atoms with van der Waals surface area (Å²) in [6.45, 7) is 0.327. The lowest BCUT2D eigenvalue weighted by atomic mass is 10.3. The number of carbonyl (C=O) groups excluding carboxylic acids is 1. The Morgan fingerprint density at radius 2 is 2.12 bits per heavy atom. The number of carbonyl (C=O) groups is 1. The zero-order valence-corrected chi connectivity index (χ0v) is 15.1. The molecule has 0 atom stereocenters. The molecule has 3 heterocycles. The highest BCUT2D eigenvalue weighted by atomic mass is 32.1. The largest absolute Gasteiger partial charge is 0.337 e. The van der Waals surface area contributed by atoms with E-state index in [4.69, 9.17) is 0 Å². The van der Waals surface area contributed by atoms with Gasteiger partial charge in [-0.15, -0.1) is 11.3 Å². The van der Waals surface area contributed by atoms with Gasteiger partial charge in [-0.05, 0) is 12.1 Å². The van der Waals surface area contributed by atoms with E-state index in [-0.39, 0.29) is 18.0 Å². The second kappa shape index (κ2) is 6.34. The highest BCUT2D eigenvalue weighted by Crippen LogP contribution is 2.22. The van der Waals surface area contributed by atoms with Gasteiger partial charge in [0.25, 0.3) is 5.56 Å². The third-order valence-electron chi connectivity index (χ3n) is 4.16. The van der Waals surface area contributed by atoms with E-state index in [1.807, 2.05) is 24.3 Å². The summed E-state index contributed by atoms with van der Waals surface area (Å²) in [6, 6.07) is 7.86. The van der Waals surface area contributed by atoms with Crippen molar-refractivity contribution in [1.82, 2.24) is 29.2 Å². The molecule has 132 valence electrons. The summed E-state index contributed by atoms with van der Waals surface area (Å²) < 4.78 is 3.93. The van der Waals surface area contributed by atoms with E-state index in [9.17, 15) is 9.59 Å². The number of hydrogen-bond acceptors (Lipinski definition) is 6. The second-order valence-electron chi connectivity index (χ2n) is 6.01. The summed E-state index contributed by atoms with van der Waals surface area (Å²) in [4.78, 5) is 35.3. The first-order valence-electron chi connectivity index (χ1n) is 7.98. The quantitative estimate of drug-likeness (QED) is 0.543. The summed E-state index contributed by atoms with van der Waals surface area (Å²) in [5.41, 5.74) is 1.15. The van der Waals surface area contributed by atoms with Gasteiger partial charge in [0.1, 0.15) is 23.3 Å². The fourth-order valence-electron chi connectivity index (χ4n) is 2.72. The molecule has 0 N–H and O–H groups in total. The number of nitrogens with zero attached hydrogens (tertiary/aromatic N) is 6. The first-order chi connectivity index (χ1) is 12.5. The number of thiazole rings is 1. The minimum atomic E-state index is -0.273. The maximum Gasteiger partial charge on any atom is 0.264 e. The number of rotatable bonds is 4. The van der Waals surface area contributed by atoms with Gasteiger partial charge in [0, 0.05) is 14.1 Å². The third-order valence-corrected chi connectivity index (χ3v) is 5.18. The van der Waals surface area contributed by atoms with Crippen molar-refractivity contribution >= 4 is 38.5 Å². The molecule has 4 aromatic rings. The molecule has 0 bridgehead atoms. The first kappa shape index (κ1) is 16.4. The van der Waals surface area contributed by atoms with E-state index in [0.29, 0.717) is 17.6 Å². The van der Waals surface area contributed by atoms with Crippen molar-refractivity contribution in [3.8, 4) is 0 Å². The number of hydrogen-bond donors (Lipinski definition) is 0. The summed E-state index contributed by atoms with van der Waals surface area (Å²) in [6.07, 6.45) is 2.85. The van der Waals surface area contributed by atoms with E-state index in [1.54, 1.807) is 30.3 Å². The molecule has 4 rings (SSSR count). The zero-order chi connectivity index (χ0) is 18.3. The van der Waals surface area contributed by atoms with Crippen LogP contribution in [-0.2, 0) is 24.9 Å². The van der Waals surface area contributed by atoms with Gasteiger partial charge < -0.3 is 4.90 Å². The van der Waals surface area contributed by atoms with Gasteiger partial charge in [0.15, 0.2) is 5.65 Å². The summed E-state index contributed by atoms with van der Waals surface area (Å²) in [7, 11) is 3.42. The van der Waals surface area contributed by atoms with E-state index < -0.39 is 0 Å². The van der Waals surface area contributed by atoms with Crippen molar-refractivity contribution in [2.24, 2.45) is 7.05 Å². The van der Waals surface area contributed by atoms with E-state index in [1.165, 1.54) is 21.8 Å². The van der Waals surface area contributed by atoms with Crippen molar-refractivity contribution in [2.45, 2.75) is 13.1 Å². The van der Waals surface area contributed by atoms with Gasteiger partial charge in [-0.25, -0.2) is 9.97 Å². The number of benzene rings is 1. The summed E-state index contributed by atoms with van der Waals surface area (Å²) >= 11 is 1.56. The molecule has 1 aromatic carbocycles. The van der Waals surface area contributed by atoms with Crippen molar-refractivity contribution in [3.63, 3.8) is 0 Å². The average molecular weight is 368 g/mol. The van der Waals surface area contributed by atoms with Crippen LogP contribution in [0.15, 0.2) is 41.6 Å². The first-order valence-corrected chi connectivity index (χ1v) is 8.80. The van der Waals surface area contributed by atoms with Crippen molar-refractivity contribution in [1.29, 1.82) is 0 Å². The molecule has 0 radical (unpaired) electrons. The molecule has 0 aliphatic rings. The lowest BCUT2D eigenvalue weighted by Gasteiger charge is -2.16. The van der Waals surface area contributed by atoms with Crippen LogP contribution in [0.4, 0.5) is 0 Å². The molecule has 0 fully saturated rings. The molecule has 26 heavy (non-hydrogen) atoms. The van der Waals surface area contributed by atoms with Gasteiger partial charge >= 0.3 is 0 Å². The second-order valence-corrected chi connectivity index (χ2v) is 7.12. The number of amides is 1. The third kappa shape index (κ3) is 2.86. The van der Waals surface area contributed by atoms with Crippen molar-refractivity contribution in [2.75, 3.05) is 7.05 Å². The van der Waals surface area contributed by atoms with Gasteiger partial charge in [0.2, 0.25) is 5.91 Å². The van der Waals surface area contributed by atoms with Crippen LogP contribution in [0, 0.1) is 0 Å². The zero-order valence-electron chi connectivity index (χ0n) is 14.3. The Bertz CT molecular complexity index is 1140. The van der Waals surface area contributed by atoms with Gasteiger partial charge in [-0.2, -0.15) is 5.10 Å². The molecule has 0 aliphatic heterocycles. The predicted molar refractivity (Wildman–Crippen MR) is 98.9 cm³/mol. The van der Waals surface area contributed by atoms with E-state index in [2.05, 4.69) is 15.1 Å². The number of aromatic nitrogens is 5. The highest BCUT2D eigenvalue weighted by molar-refractivity contribution is 7.18. The standard InChI is InChI=1S/C17H16N6O2S/c1-21(8-14-20-12-5-3-4-6-13(12)26-14)15(24)9-23-10-18-16-11(17(23)25)7-19-22(16)2/h3-7,10H,8-9H2,1-2H3. The summed E-state index contributed by atoms with van der Waals surface area (Å²) in [5, 5.41) is 5.28. The van der Waals surface area contributed by atoms with Crippen LogP contribution in [0.2, 0.25) is 0 Å². The van der Waals surface area contributed by atoms with Crippen LogP contribution in [0.3, 0.4) is 0 Å². The van der Waals surface area contributed by atoms with Crippen LogP contribution in [0.25, 0.3) is 21.3 Å². The Morgan fingerprint density at radius 1 is 1.31 bits per heavy atom. The number of fused-ring (bicyclic) bond motifs is 2. The fraction of sp³-hybridized carbons (Fsp3) is 0.235. The Kier molecular flexibility index (Phi) is 4.00. The Hall–Kier alpha value is -3.07. The predicted octanol–water partition coefficient (Wildman–Crippen LogP) is 1.40. The average Bonchev–Trinajstić information content (AvgIpc) is 3.20. The fourth-order valence-corrected chi connectivity index (χ4v) is 3.75. The molecule has 0 saturated carbocycles. The minimum absolute atomic E-state index is 0.0714. The molecular formula is C17H16N6O2S. The van der Waals surface area contributed by atoms with E-state index >= 15 is 0 Å². The summed E-state index contributed by atoms with van der Waals surface area (Å²) in [5.74, 6) is -0.184. The van der Waals surface area contributed by atoms with Gasteiger partial charge in [-0.1, -0.05) is 12.1 Å². The monoisotopic (exact) mass is 368 g/mol. The Morgan fingerprint density at radius 3 is 2.92 bits per heavy atom. The Balaban J connectivity index is 1.52. The normalized spacial score (nSPS) is 11.3. The molecule has 0 unspecified atom stereocenters. The van der Waals surface area contributed by atoms with Crippen LogP contribution in [-0.4, -0.2) is 42.2 Å². The smallest absolute Gasteiger partial charge is 0.264 e. The lowest BCUT2D eigenvalue weighted by Crippen LogP contribution is -2.33. The van der Waals surface area contributed by atoms with Crippen molar-refractivity contribution in [3.05, 3.63) is 52.2 Å². The molecule has 1 amide bonds. The molecule has 0 saturated heterocycles. The maximum atomic E-state index is 12.5. The molecule has 8 nitrogen and oxygen atoms in total. The van der Waals surface area contributed by atoms with Gasteiger partial charge in [0.05, 0.1) is 23.0 Å². The highest BCUT2D eigenvalue weighted by Gasteiger charge is 2.15. The van der Waals surface area contributed by atoms with Crippen molar-refractivity contribution < 1.29 is 4.79 Å². The molecule has 9 heteroatoms. The van der Waals surface area contributed by atoms with Crippen LogP contribution in [0.5, 0.6) is 0 Å². The molecule has 0 aliphatic carbocycles. The number of likely N-dealkylation sites (N-methyl/N-ethyl adjacent to an activating group) is 1. The van der Waals surface area contributed by atoms with Crippen LogP contribution in [0.1, 0.15) is 5.01 Å². The SMILES string of the molecule is CN(Cc1nc2ccccc2s1)C(=O)Cn1cnc2c(cnn2C)c1=O. The lowest BCUT2D eigenvalue weighted by molar-refractivity contribution is -0.131. The topological polar surface area (TPSA) is 85.9 Å². The molecule has 0 spiro atoms. The van der Waals surface area contributed by atoms with E-state index in [0.717, 1.165) is 15.2 Å². The molecule has 3 aromatic heterocycles. The minimum Gasteiger partial charge on any atom is -0.337 e. The van der Waals surface area contributed by atoms with Crippen LogP contribution < -0.4 is 5.56 Å². The van der Waals surface area contributed by atoms with Gasteiger partial charge in [-0.3, -0.25) is 18.8 Å². The number of para-hydroxylation sites is 1. The Labute approximate surface area is 152 Å².